The van der Waals surface area contributed by atoms with Gasteiger partial charge in [0.15, 0.2) is 6.61 Å². The number of benzene rings is 1. The first-order chi connectivity index (χ1) is 10.9. The van der Waals surface area contributed by atoms with E-state index in [0.29, 0.717) is 0 Å². The Morgan fingerprint density at radius 3 is 2.35 bits per heavy atom. The minimum Gasteiger partial charge on any atom is -0.454 e. The SMILES string of the molecule is CCOC(=O)NC(=O)COC(=O)CNC(=O)c1ccc(F)cc1. The summed E-state index contributed by atoms with van der Waals surface area (Å²) in [5, 5.41) is 4.08. The summed E-state index contributed by atoms with van der Waals surface area (Å²) in [5.74, 6) is -2.83. The molecule has 0 heterocycles. The average molecular weight is 326 g/mol. The first-order valence-electron chi connectivity index (χ1n) is 6.58. The van der Waals surface area contributed by atoms with E-state index >= 15 is 0 Å². The Morgan fingerprint density at radius 2 is 1.74 bits per heavy atom. The summed E-state index contributed by atoms with van der Waals surface area (Å²) in [6.07, 6.45) is -0.946. The van der Waals surface area contributed by atoms with Gasteiger partial charge < -0.3 is 14.8 Å². The second-order valence-corrected chi connectivity index (χ2v) is 4.12. The molecular formula is C14H15FN2O6. The molecular weight excluding hydrogens is 311 g/mol. The third-order valence-electron chi connectivity index (χ3n) is 2.38. The number of halogens is 1. The highest BCUT2D eigenvalue weighted by Gasteiger charge is 2.13. The minimum atomic E-state index is -0.946. The molecule has 1 rings (SSSR count). The number of carbonyl (C=O) groups excluding carboxylic acids is 4. The number of hydrogen-bond acceptors (Lipinski definition) is 6. The maximum Gasteiger partial charge on any atom is 0.413 e. The van der Waals surface area contributed by atoms with Gasteiger partial charge in [0.2, 0.25) is 0 Å². The van der Waals surface area contributed by atoms with Crippen LogP contribution in [-0.4, -0.2) is 43.6 Å². The summed E-state index contributed by atoms with van der Waals surface area (Å²) in [7, 11) is 0. The van der Waals surface area contributed by atoms with E-state index in [9.17, 15) is 23.6 Å². The van der Waals surface area contributed by atoms with Crippen LogP contribution in [0.2, 0.25) is 0 Å². The number of carbonyl (C=O) groups is 4. The van der Waals surface area contributed by atoms with Crippen molar-refractivity contribution in [2.75, 3.05) is 19.8 Å². The van der Waals surface area contributed by atoms with E-state index in [1.165, 1.54) is 12.1 Å². The number of ether oxygens (including phenoxy) is 2. The molecule has 0 radical (unpaired) electrons. The van der Waals surface area contributed by atoms with Gasteiger partial charge in [-0.1, -0.05) is 0 Å². The van der Waals surface area contributed by atoms with Crippen LogP contribution in [0, 0.1) is 5.82 Å². The molecule has 0 aliphatic rings. The fraction of sp³-hybridized carbons (Fsp3) is 0.286. The van der Waals surface area contributed by atoms with Gasteiger partial charge in [0.1, 0.15) is 12.4 Å². The minimum absolute atomic E-state index is 0.0916. The van der Waals surface area contributed by atoms with Crippen LogP contribution in [0.3, 0.4) is 0 Å². The van der Waals surface area contributed by atoms with Crippen LogP contribution in [-0.2, 0) is 19.1 Å². The molecule has 23 heavy (non-hydrogen) atoms. The number of amides is 3. The lowest BCUT2D eigenvalue weighted by Gasteiger charge is -2.07. The van der Waals surface area contributed by atoms with E-state index in [0.717, 1.165) is 12.1 Å². The molecule has 8 nitrogen and oxygen atoms in total. The Bertz CT molecular complexity index is 587. The van der Waals surface area contributed by atoms with E-state index in [1.54, 1.807) is 6.92 Å². The van der Waals surface area contributed by atoms with Crippen LogP contribution in [0.1, 0.15) is 17.3 Å². The van der Waals surface area contributed by atoms with Crippen molar-refractivity contribution in [1.29, 1.82) is 0 Å². The maximum atomic E-state index is 12.7. The van der Waals surface area contributed by atoms with Crippen molar-refractivity contribution >= 4 is 23.9 Å². The topological polar surface area (TPSA) is 111 Å². The Morgan fingerprint density at radius 1 is 1.09 bits per heavy atom. The fourth-order valence-electron chi connectivity index (χ4n) is 1.37. The number of hydrogen-bond donors (Lipinski definition) is 2. The molecule has 9 heteroatoms. The summed E-state index contributed by atoms with van der Waals surface area (Å²) >= 11 is 0. The van der Waals surface area contributed by atoms with Crippen LogP contribution in [0.5, 0.6) is 0 Å². The number of esters is 1. The summed E-state index contributed by atoms with van der Waals surface area (Å²) in [6, 6.07) is 4.71. The number of rotatable bonds is 6. The van der Waals surface area contributed by atoms with Crippen molar-refractivity contribution in [3.8, 4) is 0 Å². The van der Waals surface area contributed by atoms with E-state index in [2.05, 4.69) is 14.8 Å². The maximum absolute atomic E-state index is 12.7. The zero-order valence-corrected chi connectivity index (χ0v) is 12.3. The smallest absolute Gasteiger partial charge is 0.413 e. The summed E-state index contributed by atoms with van der Waals surface area (Å²) in [6.45, 7) is 0.481. The number of alkyl carbamates (subject to hydrolysis) is 1. The molecule has 1 aromatic carbocycles. The summed E-state index contributed by atoms with van der Waals surface area (Å²) < 4.78 is 21.7. The molecule has 124 valence electrons. The monoisotopic (exact) mass is 326 g/mol. The molecule has 0 bridgehead atoms. The van der Waals surface area contributed by atoms with E-state index in [-0.39, 0.29) is 12.2 Å². The van der Waals surface area contributed by atoms with E-state index in [1.807, 2.05) is 5.32 Å². The first kappa shape index (κ1) is 18.1. The van der Waals surface area contributed by atoms with Gasteiger partial charge in [0.05, 0.1) is 6.61 Å². The third kappa shape index (κ3) is 7.02. The summed E-state index contributed by atoms with van der Waals surface area (Å²) in [5.41, 5.74) is 0.166. The van der Waals surface area contributed by atoms with Gasteiger partial charge in [-0.05, 0) is 31.2 Å². The molecule has 0 atom stereocenters. The molecule has 1 aromatic rings. The van der Waals surface area contributed by atoms with Gasteiger partial charge in [0.25, 0.3) is 11.8 Å². The normalized spacial score (nSPS) is 9.65. The van der Waals surface area contributed by atoms with Gasteiger partial charge in [0, 0.05) is 5.56 Å². The molecule has 0 saturated heterocycles. The van der Waals surface area contributed by atoms with Crippen molar-refractivity contribution in [2.24, 2.45) is 0 Å². The highest BCUT2D eigenvalue weighted by atomic mass is 19.1. The van der Waals surface area contributed by atoms with Crippen LogP contribution in [0.25, 0.3) is 0 Å². The van der Waals surface area contributed by atoms with Gasteiger partial charge in [-0.15, -0.1) is 0 Å². The second kappa shape index (κ2) is 9.13. The Kier molecular flexibility index (Phi) is 7.18. The molecule has 0 fully saturated rings. The van der Waals surface area contributed by atoms with Gasteiger partial charge in [-0.3, -0.25) is 19.7 Å². The zero-order valence-electron chi connectivity index (χ0n) is 12.3. The van der Waals surface area contributed by atoms with Crippen LogP contribution >= 0.6 is 0 Å². The van der Waals surface area contributed by atoms with Crippen molar-refractivity contribution in [2.45, 2.75) is 6.92 Å². The molecule has 3 amide bonds. The first-order valence-corrected chi connectivity index (χ1v) is 6.58. The molecule has 0 aromatic heterocycles. The average Bonchev–Trinajstić information content (AvgIpc) is 2.51. The Labute approximate surface area is 130 Å². The van der Waals surface area contributed by atoms with Crippen molar-refractivity contribution < 1.29 is 33.0 Å². The molecule has 0 aliphatic heterocycles. The van der Waals surface area contributed by atoms with Crippen molar-refractivity contribution in [3.63, 3.8) is 0 Å². The second-order valence-electron chi connectivity index (χ2n) is 4.12. The standard InChI is InChI=1S/C14H15FN2O6/c1-2-22-14(21)17-11(18)8-23-12(19)7-16-13(20)9-3-5-10(15)6-4-9/h3-6H,2,7-8H2,1H3,(H,16,20)(H,17,18,21). The highest BCUT2D eigenvalue weighted by molar-refractivity contribution is 5.96. The lowest BCUT2D eigenvalue weighted by molar-refractivity contribution is -0.147. The quantitative estimate of drug-likeness (QED) is 0.731. The summed E-state index contributed by atoms with van der Waals surface area (Å²) in [4.78, 5) is 45.1. The largest absolute Gasteiger partial charge is 0.454 e. The molecule has 2 N–H and O–H groups in total. The van der Waals surface area contributed by atoms with Gasteiger partial charge >= 0.3 is 12.1 Å². The lowest BCUT2D eigenvalue weighted by Crippen LogP contribution is -2.36. The van der Waals surface area contributed by atoms with Crippen molar-refractivity contribution in [3.05, 3.63) is 35.6 Å². The zero-order chi connectivity index (χ0) is 17.2. The fourth-order valence-corrected chi connectivity index (χ4v) is 1.37. The molecule has 0 unspecified atom stereocenters. The Balaban J connectivity index is 2.28. The third-order valence-corrected chi connectivity index (χ3v) is 2.38. The number of imide groups is 1. The predicted molar refractivity (Wildman–Crippen MR) is 74.9 cm³/mol. The van der Waals surface area contributed by atoms with Crippen LogP contribution < -0.4 is 10.6 Å². The van der Waals surface area contributed by atoms with Gasteiger partial charge in [-0.25, -0.2) is 9.18 Å². The highest BCUT2D eigenvalue weighted by Crippen LogP contribution is 2.02. The van der Waals surface area contributed by atoms with E-state index < -0.39 is 42.8 Å². The van der Waals surface area contributed by atoms with Crippen LogP contribution in [0.4, 0.5) is 9.18 Å². The lowest BCUT2D eigenvalue weighted by atomic mass is 10.2. The van der Waals surface area contributed by atoms with E-state index in [4.69, 9.17) is 0 Å². The predicted octanol–water partition coefficient (Wildman–Crippen LogP) is 0.371. The Hall–Kier alpha value is -2.97. The number of nitrogens with one attached hydrogen (secondary N) is 2. The molecule has 0 aliphatic carbocycles. The van der Waals surface area contributed by atoms with Crippen LogP contribution in [0.15, 0.2) is 24.3 Å². The molecule has 0 saturated carbocycles. The molecule has 0 spiro atoms. The van der Waals surface area contributed by atoms with Gasteiger partial charge in [-0.2, -0.15) is 0 Å². The van der Waals surface area contributed by atoms with Crippen molar-refractivity contribution in [1.82, 2.24) is 10.6 Å².